The van der Waals surface area contributed by atoms with E-state index in [0.29, 0.717) is 0 Å². The molecule has 0 radical (unpaired) electrons. The Kier molecular flexibility index (Phi) is 4.50. The second-order valence-electron chi connectivity index (χ2n) is 4.67. The van der Waals surface area contributed by atoms with Crippen molar-refractivity contribution in [3.63, 3.8) is 0 Å². The topological polar surface area (TPSA) is 55.0 Å². The van der Waals surface area contributed by atoms with Crippen molar-refractivity contribution in [3.05, 3.63) is 40.1 Å². The van der Waals surface area contributed by atoms with Crippen LogP contribution in [0, 0.1) is 6.92 Å². The van der Waals surface area contributed by atoms with E-state index in [4.69, 9.17) is 5.73 Å². The van der Waals surface area contributed by atoms with Gasteiger partial charge in [-0.2, -0.15) is 0 Å². The standard InChI is InChI=1S/C14H20N4S/c1-4-13(15)14-6-5-12(7-16-14)18(3)8-11-9-19-10(2)17-11/h5-7,9,13H,4,8,15H2,1-3H3/t13-/m1/s1. The summed E-state index contributed by atoms with van der Waals surface area (Å²) in [6.45, 7) is 4.89. The van der Waals surface area contributed by atoms with E-state index in [-0.39, 0.29) is 6.04 Å². The fraction of sp³-hybridized carbons (Fsp3) is 0.429. The lowest BCUT2D eigenvalue weighted by Gasteiger charge is -2.18. The number of hydrogen-bond donors (Lipinski definition) is 1. The third-order valence-electron chi connectivity index (χ3n) is 3.10. The average molecular weight is 276 g/mol. The summed E-state index contributed by atoms with van der Waals surface area (Å²) in [5.74, 6) is 0. The van der Waals surface area contributed by atoms with Crippen LogP contribution in [0.15, 0.2) is 23.7 Å². The lowest BCUT2D eigenvalue weighted by Crippen LogP contribution is -2.17. The van der Waals surface area contributed by atoms with E-state index in [1.54, 1.807) is 11.3 Å². The smallest absolute Gasteiger partial charge is 0.0898 e. The van der Waals surface area contributed by atoms with Gasteiger partial charge in [-0.3, -0.25) is 4.98 Å². The molecular formula is C14H20N4S. The van der Waals surface area contributed by atoms with E-state index in [1.165, 1.54) is 0 Å². The highest BCUT2D eigenvalue weighted by molar-refractivity contribution is 7.09. The minimum absolute atomic E-state index is 0.0283. The fourth-order valence-corrected chi connectivity index (χ4v) is 2.47. The molecule has 19 heavy (non-hydrogen) atoms. The Hall–Kier alpha value is -1.46. The Labute approximate surface area is 118 Å². The molecule has 0 saturated carbocycles. The van der Waals surface area contributed by atoms with Gasteiger partial charge in [0.2, 0.25) is 0 Å². The van der Waals surface area contributed by atoms with Crippen molar-refractivity contribution in [2.45, 2.75) is 32.9 Å². The second-order valence-corrected chi connectivity index (χ2v) is 5.73. The molecule has 2 heterocycles. The van der Waals surface area contributed by atoms with Crippen LogP contribution < -0.4 is 10.6 Å². The van der Waals surface area contributed by atoms with Crippen molar-refractivity contribution < 1.29 is 0 Å². The zero-order valence-electron chi connectivity index (χ0n) is 11.6. The largest absolute Gasteiger partial charge is 0.367 e. The number of aryl methyl sites for hydroxylation is 1. The van der Waals surface area contributed by atoms with Crippen LogP contribution in [-0.4, -0.2) is 17.0 Å². The first-order valence-electron chi connectivity index (χ1n) is 6.43. The number of anilines is 1. The van der Waals surface area contributed by atoms with E-state index in [0.717, 1.165) is 35.0 Å². The van der Waals surface area contributed by atoms with Crippen LogP contribution in [0.3, 0.4) is 0 Å². The van der Waals surface area contributed by atoms with Gasteiger partial charge in [0.05, 0.1) is 34.8 Å². The van der Waals surface area contributed by atoms with Crippen LogP contribution in [0.4, 0.5) is 5.69 Å². The van der Waals surface area contributed by atoms with Gasteiger partial charge in [0.1, 0.15) is 0 Å². The van der Waals surface area contributed by atoms with E-state index in [2.05, 4.69) is 33.2 Å². The van der Waals surface area contributed by atoms with Crippen LogP contribution in [-0.2, 0) is 6.54 Å². The van der Waals surface area contributed by atoms with Crippen molar-refractivity contribution in [1.82, 2.24) is 9.97 Å². The van der Waals surface area contributed by atoms with Gasteiger partial charge in [-0.1, -0.05) is 6.92 Å². The van der Waals surface area contributed by atoms with Gasteiger partial charge in [-0.25, -0.2) is 4.98 Å². The van der Waals surface area contributed by atoms with Crippen molar-refractivity contribution in [2.75, 3.05) is 11.9 Å². The first-order valence-corrected chi connectivity index (χ1v) is 7.31. The minimum atomic E-state index is 0.0283. The van der Waals surface area contributed by atoms with Gasteiger partial charge >= 0.3 is 0 Å². The normalized spacial score (nSPS) is 12.4. The number of aromatic nitrogens is 2. The molecule has 0 aromatic carbocycles. The van der Waals surface area contributed by atoms with Crippen LogP contribution in [0.1, 0.15) is 35.8 Å². The molecule has 0 amide bonds. The van der Waals surface area contributed by atoms with Crippen molar-refractivity contribution in [3.8, 4) is 0 Å². The molecule has 0 aliphatic heterocycles. The highest BCUT2D eigenvalue weighted by Crippen LogP contribution is 2.18. The molecule has 0 aliphatic rings. The summed E-state index contributed by atoms with van der Waals surface area (Å²) in [4.78, 5) is 11.0. The van der Waals surface area contributed by atoms with Crippen LogP contribution >= 0.6 is 11.3 Å². The van der Waals surface area contributed by atoms with Crippen LogP contribution in [0.25, 0.3) is 0 Å². The Bertz CT molecular complexity index is 520. The first-order chi connectivity index (χ1) is 9.10. The second kappa shape index (κ2) is 6.12. The number of nitrogens with zero attached hydrogens (tertiary/aromatic N) is 3. The van der Waals surface area contributed by atoms with Crippen molar-refractivity contribution in [2.24, 2.45) is 5.73 Å². The molecule has 0 fully saturated rings. The van der Waals surface area contributed by atoms with E-state index in [1.807, 2.05) is 26.2 Å². The fourth-order valence-electron chi connectivity index (χ4n) is 1.87. The maximum absolute atomic E-state index is 5.96. The zero-order valence-corrected chi connectivity index (χ0v) is 12.4. The van der Waals surface area contributed by atoms with Gasteiger partial charge in [0.15, 0.2) is 0 Å². The summed E-state index contributed by atoms with van der Waals surface area (Å²) in [5, 5.41) is 3.20. The quantitative estimate of drug-likeness (QED) is 0.912. The predicted octanol–water partition coefficient (Wildman–Crippen LogP) is 2.89. The number of hydrogen-bond acceptors (Lipinski definition) is 5. The molecule has 0 saturated heterocycles. The molecule has 2 N–H and O–H groups in total. The molecule has 2 rings (SSSR count). The van der Waals surface area contributed by atoms with Crippen LogP contribution in [0.2, 0.25) is 0 Å². The highest BCUT2D eigenvalue weighted by Gasteiger charge is 2.08. The molecule has 1 atom stereocenters. The number of rotatable bonds is 5. The number of thiazole rings is 1. The van der Waals surface area contributed by atoms with E-state index >= 15 is 0 Å². The van der Waals surface area contributed by atoms with E-state index < -0.39 is 0 Å². The summed E-state index contributed by atoms with van der Waals surface area (Å²) in [6.07, 6.45) is 2.78. The molecule has 0 spiro atoms. The molecule has 102 valence electrons. The summed E-state index contributed by atoms with van der Waals surface area (Å²) in [7, 11) is 2.05. The maximum Gasteiger partial charge on any atom is 0.0898 e. The molecular weight excluding hydrogens is 256 g/mol. The van der Waals surface area contributed by atoms with Gasteiger partial charge in [-0.15, -0.1) is 11.3 Å². The monoisotopic (exact) mass is 276 g/mol. The van der Waals surface area contributed by atoms with Crippen molar-refractivity contribution in [1.29, 1.82) is 0 Å². The molecule has 5 heteroatoms. The summed E-state index contributed by atoms with van der Waals surface area (Å²) in [6, 6.07) is 4.10. The Morgan fingerprint density at radius 1 is 1.42 bits per heavy atom. The molecule has 2 aromatic rings. The van der Waals surface area contributed by atoms with Gasteiger partial charge in [0.25, 0.3) is 0 Å². The Morgan fingerprint density at radius 2 is 2.21 bits per heavy atom. The molecule has 0 bridgehead atoms. The van der Waals surface area contributed by atoms with Crippen LogP contribution in [0.5, 0.6) is 0 Å². The third-order valence-corrected chi connectivity index (χ3v) is 3.92. The molecule has 4 nitrogen and oxygen atoms in total. The summed E-state index contributed by atoms with van der Waals surface area (Å²) >= 11 is 1.68. The summed E-state index contributed by atoms with van der Waals surface area (Å²) < 4.78 is 0. The van der Waals surface area contributed by atoms with Gasteiger partial charge in [-0.05, 0) is 25.5 Å². The Morgan fingerprint density at radius 3 is 2.74 bits per heavy atom. The lowest BCUT2D eigenvalue weighted by atomic mass is 10.1. The van der Waals surface area contributed by atoms with E-state index in [9.17, 15) is 0 Å². The number of nitrogens with two attached hydrogens (primary N) is 1. The highest BCUT2D eigenvalue weighted by atomic mass is 32.1. The minimum Gasteiger partial charge on any atom is -0.367 e. The van der Waals surface area contributed by atoms with Crippen molar-refractivity contribution >= 4 is 17.0 Å². The molecule has 0 unspecified atom stereocenters. The molecule has 0 aliphatic carbocycles. The molecule has 2 aromatic heterocycles. The SMILES string of the molecule is CC[C@@H](N)c1ccc(N(C)Cc2csc(C)n2)cn1. The average Bonchev–Trinajstić information content (AvgIpc) is 2.83. The third kappa shape index (κ3) is 3.52. The maximum atomic E-state index is 5.96. The first kappa shape index (κ1) is 14.0. The lowest BCUT2D eigenvalue weighted by molar-refractivity contribution is 0.675. The predicted molar refractivity (Wildman–Crippen MR) is 80.4 cm³/mol. The van der Waals surface area contributed by atoms with Gasteiger partial charge in [0, 0.05) is 18.5 Å². The van der Waals surface area contributed by atoms with Gasteiger partial charge < -0.3 is 10.6 Å². The summed E-state index contributed by atoms with van der Waals surface area (Å²) in [5.41, 5.74) is 9.09. The number of pyridine rings is 1. The zero-order chi connectivity index (χ0) is 13.8. The Balaban J connectivity index is 2.05.